The molecule has 150 valence electrons. The molecule has 0 unspecified atom stereocenters. The summed E-state index contributed by atoms with van der Waals surface area (Å²) in [5.74, 6) is 1.00. The lowest BCUT2D eigenvalue weighted by Gasteiger charge is -2.38. The van der Waals surface area contributed by atoms with E-state index in [1.165, 1.54) is 0 Å². The van der Waals surface area contributed by atoms with Crippen LogP contribution in [0, 0.1) is 0 Å². The summed E-state index contributed by atoms with van der Waals surface area (Å²) in [5.41, 5.74) is 8.22. The van der Waals surface area contributed by atoms with Gasteiger partial charge in [-0.15, -0.1) is 0 Å². The average Bonchev–Trinajstić information content (AvgIpc) is 3.17. The van der Waals surface area contributed by atoms with E-state index in [-0.39, 0.29) is 11.9 Å². The average molecular weight is 400 g/mol. The molecule has 1 amide bonds. The second-order valence-electron chi connectivity index (χ2n) is 7.38. The van der Waals surface area contributed by atoms with E-state index in [0.29, 0.717) is 24.5 Å². The van der Waals surface area contributed by atoms with Crippen molar-refractivity contribution in [2.75, 3.05) is 23.3 Å². The molecule has 1 saturated heterocycles. The summed E-state index contributed by atoms with van der Waals surface area (Å²) >= 11 is 0. The Balaban J connectivity index is 1.57. The number of nitrogens with two attached hydrogens (primary N) is 1. The van der Waals surface area contributed by atoms with Gasteiger partial charge >= 0.3 is 0 Å². The molecule has 30 heavy (non-hydrogen) atoms. The van der Waals surface area contributed by atoms with Gasteiger partial charge in [0.15, 0.2) is 0 Å². The van der Waals surface area contributed by atoms with Gasteiger partial charge in [-0.25, -0.2) is 4.98 Å². The Morgan fingerprint density at radius 1 is 1.20 bits per heavy atom. The molecule has 0 aliphatic carbocycles. The monoisotopic (exact) mass is 400 g/mol. The Bertz CT molecular complexity index is 1230. The molecular weight excluding hydrogens is 380 g/mol. The topological polar surface area (TPSA) is 115 Å². The molecule has 0 saturated carbocycles. The minimum atomic E-state index is -0.239. The summed E-state index contributed by atoms with van der Waals surface area (Å²) in [6.45, 7) is 1.43. The van der Waals surface area contributed by atoms with Gasteiger partial charge in [0.2, 0.25) is 0 Å². The van der Waals surface area contributed by atoms with Crippen LogP contribution in [0.15, 0.2) is 55.2 Å². The summed E-state index contributed by atoms with van der Waals surface area (Å²) in [5, 5.41) is 8.96. The number of rotatable bonds is 4. The lowest BCUT2D eigenvalue weighted by molar-refractivity contribution is 0.102. The molecule has 9 heteroatoms. The molecule has 5 rings (SSSR count). The van der Waals surface area contributed by atoms with Gasteiger partial charge in [-0.1, -0.05) is 0 Å². The van der Waals surface area contributed by atoms with Crippen molar-refractivity contribution in [3.05, 3.63) is 60.8 Å². The van der Waals surface area contributed by atoms with Gasteiger partial charge in [-0.2, -0.15) is 5.10 Å². The quantitative estimate of drug-likeness (QED) is 0.537. The summed E-state index contributed by atoms with van der Waals surface area (Å²) < 4.78 is 1.74. The molecule has 3 N–H and O–H groups in total. The van der Waals surface area contributed by atoms with Crippen molar-refractivity contribution in [2.45, 2.75) is 6.04 Å². The Kier molecular flexibility index (Phi) is 4.36. The molecule has 0 atom stereocenters. The third-order valence-electron chi connectivity index (χ3n) is 5.09. The predicted octanol–water partition coefficient (Wildman–Crippen LogP) is 1.82. The largest absolute Gasteiger partial charge is 0.353 e. The number of anilines is 2. The van der Waals surface area contributed by atoms with Crippen LogP contribution in [0.3, 0.4) is 0 Å². The highest BCUT2D eigenvalue weighted by Gasteiger charge is 2.26. The highest BCUT2D eigenvalue weighted by molar-refractivity contribution is 6.05. The number of aromatic nitrogens is 5. The van der Waals surface area contributed by atoms with Crippen LogP contribution in [0.1, 0.15) is 10.4 Å². The predicted molar refractivity (Wildman–Crippen MR) is 114 cm³/mol. The lowest BCUT2D eigenvalue weighted by atomic mass is 10.1. The van der Waals surface area contributed by atoms with Crippen LogP contribution in [0.2, 0.25) is 0 Å². The van der Waals surface area contributed by atoms with E-state index < -0.39 is 0 Å². The maximum atomic E-state index is 12.6. The van der Waals surface area contributed by atoms with Gasteiger partial charge in [0.05, 0.1) is 11.9 Å². The number of amides is 1. The number of aryl methyl sites for hydroxylation is 1. The number of nitrogens with one attached hydrogen (secondary N) is 1. The summed E-state index contributed by atoms with van der Waals surface area (Å²) in [6, 6.07) is 7.30. The molecule has 5 heterocycles. The summed E-state index contributed by atoms with van der Waals surface area (Å²) in [6.07, 6.45) is 8.68. The van der Waals surface area contributed by atoms with Crippen molar-refractivity contribution in [3.8, 4) is 11.3 Å². The van der Waals surface area contributed by atoms with E-state index in [4.69, 9.17) is 10.7 Å². The van der Waals surface area contributed by atoms with Crippen LogP contribution in [0.4, 0.5) is 11.6 Å². The van der Waals surface area contributed by atoms with E-state index in [0.717, 1.165) is 27.8 Å². The first-order valence-corrected chi connectivity index (χ1v) is 9.58. The SMILES string of the molecule is Cn1cc(-c2cc3cc(NC(=O)c4ccncc4)nc(N4CC(N)C4)c3cn2)cn1. The molecule has 0 spiro atoms. The van der Waals surface area contributed by atoms with Crippen molar-refractivity contribution in [1.82, 2.24) is 24.7 Å². The lowest BCUT2D eigenvalue weighted by Crippen LogP contribution is -2.56. The Morgan fingerprint density at radius 2 is 2.00 bits per heavy atom. The Labute approximate surface area is 172 Å². The fraction of sp³-hybridized carbons (Fsp3) is 0.190. The van der Waals surface area contributed by atoms with Gasteiger partial charge in [-0.3, -0.25) is 19.4 Å². The smallest absolute Gasteiger partial charge is 0.256 e. The molecule has 4 aromatic heterocycles. The standard InChI is InChI=1S/C21H20N8O/c1-28-10-15(8-25-28)18-6-14-7-19(27-21(30)13-2-4-23-5-3-13)26-20(17(14)9-24-18)29-11-16(22)12-29/h2-10,16H,11-12,22H2,1H3,(H,26,27,30). The van der Waals surface area contributed by atoms with Crippen molar-refractivity contribution < 1.29 is 4.79 Å². The number of carbonyl (C=O) groups is 1. The van der Waals surface area contributed by atoms with Gasteiger partial charge in [0.1, 0.15) is 11.6 Å². The van der Waals surface area contributed by atoms with E-state index in [2.05, 4.69) is 25.3 Å². The zero-order valence-electron chi connectivity index (χ0n) is 16.4. The van der Waals surface area contributed by atoms with Crippen LogP contribution >= 0.6 is 0 Å². The number of hydrogen-bond donors (Lipinski definition) is 2. The number of nitrogens with zero attached hydrogens (tertiary/aromatic N) is 6. The molecule has 4 aromatic rings. The first kappa shape index (κ1) is 18.2. The van der Waals surface area contributed by atoms with Gasteiger partial charge in [0.25, 0.3) is 5.91 Å². The van der Waals surface area contributed by atoms with E-state index >= 15 is 0 Å². The Hall–Kier alpha value is -3.85. The number of pyridine rings is 3. The van der Waals surface area contributed by atoms with Crippen LogP contribution in [-0.4, -0.2) is 49.8 Å². The Morgan fingerprint density at radius 3 is 2.70 bits per heavy atom. The number of fused-ring (bicyclic) bond motifs is 1. The molecule has 0 radical (unpaired) electrons. The summed E-state index contributed by atoms with van der Waals surface area (Å²) in [4.78, 5) is 28.0. The summed E-state index contributed by atoms with van der Waals surface area (Å²) in [7, 11) is 1.87. The second kappa shape index (κ2) is 7.20. The van der Waals surface area contributed by atoms with Gasteiger partial charge < -0.3 is 16.0 Å². The second-order valence-corrected chi connectivity index (χ2v) is 7.38. The first-order chi connectivity index (χ1) is 14.6. The molecule has 1 fully saturated rings. The molecule has 9 nitrogen and oxygen atoms in total. The molecule has 1 aliphatic rings. The van der Waals surface area contributed by atoms with Crippen LogP contribution in [0.25, 0.3) is 22.0 Å². The zero-order valence-corrected chi connectivity index (χ0v) is 16.4. The molecule has 1 aliphatic heterocycles. The van der Waals surface area contributed by atoms with Crippen molar-refractivity contribution >= 4 is 28.3 Å². The van der Waals surface area contributed by atoms with E-state index in [9.17, 15) is 4.79 Å². The first-order valence-electron chi connectivity index (χ1n) is 9.58. The molecular formula is C21H20N8O. The van der Waals surface area contributed by atoms with Crippen LogP contribution in [-0.2, 0) is 7.05 Å². The van der Waals surface area contributed by atoms with E-state index in [1.54, 1.807) is 35.4 Å². The van der Waals surface area contributed by atoms with Crippen molar-refractivity contribution in [3.63, 3.8) is 0 Å². The number of carbonyl (C=O) groups excluding carboxylic acids is 1. The van der Waals surface area contributed by atoms with E-state index in [1.807, 2.05) is 31.6 Å². The van der Waals surface area contributed by atoms with Crippen LogP contribution in [0.5, 0.6) is 0 Å². The third-order valence-corrected chi connectivity index (χ3v) is 5.09. The fourth-order valence-corrected chi connectivity index (χ4v) is 3.52. The fourth-order valence-electron chi connectivity index (χ4n) is 3.52. The maximum absolute atomic E-state index is 12.6. The molecule has 0 aromatic carbocycles. The van der Waals surface area contributed by atoms with Gasteiger partial charge in [0, 0.05) is 67.5 Å². The van der Waals surface area contributed by atoms with Crippen LogP contribution < -0.4 is 16.0 Å². The van der Waals surface area contributed by atoms with Crippen molar-refractivity contribution in [1.29, 1.82) is 0 Å². The minimum Gasteiger partial charge on any atom is -0.353 e. The number of hydrogen-bond acceptors (Lipinski definition) is 7. The van der Waals surface area contributed by atoms with Gasteiger partial charge in [-0.05, 0) is 29.7 Å². The zero-order chi connectivity index (χ0) is 20.7. The minimum absolute atomic E-state index is 0.125. The van der Waals surface area contributed by atoms with Crippen molar-refractivity contribution in [2.24, 2.45) is 12.8 Å². The third kappa shape index (κ3) is 3.35. The highest BCUT2D eigenvalue weighted by Crippen LogP contribution is 2.32. The normalized spacial score (nSPS) is 14.0. The maximum Gasteiger partial charge on any atom is 0.256 e. The molecule has 0 bridgehead atoms. The highest BCUT2D eigenvalue weighted by atomic mass is 16.1.